The summed E-state index contributed by atoms with van der Waals surface area (Å²) in [4.78, 5) is 30.5. The molecule has 5 nitrogen and oxygen atoms in total. The molecule has 0 aliphatic heterocycles. The molecule has 0 heterocycles. The van der Waals surface area contributed by atoms with E-state index in [0.717, 1.165) is 12.8 Å². The van der Waals surface area contributed by atoms with Gasteiger partial charge in [0.15, 0.2) is 0 Å². The quantitative estimate of drug-likeness (QED) is 0.196. The van der Waals surface area contributed by atoms with Gasteiger partial charge in [-0.25, -0.2) is 0 Å². The highest BCUT2D eigenvalue weighted by Crippen LogP contribution is 2.02. The number of rotatable bonds is 7. The fourth-order valence-electron chi connectivity index (χ4n) is 0.940. The van der Waals surface area contributed by atoms with E-state index in [9.17, 15) is 19.7 Å². The summed E-state index contributed by atoms with van der Waals surface area (Å²) in [6.45, 7) is 1.97. The molecular formula is C8H13NO4. The first kappa shape index (κ1) is 11.7. The third-order valence-electron chi connectivity index (χ3n) is 1.71. The number of aldehydes is 1. The van der Waals surface area contributed by atoms with Crippen LogP contribution in [0.1, 0.15) is 32.6 Å². The smallest absolute Gasteiger partial charge is 0.295 e. The number of ketones is 1. The van der Waals surface area contributed by atoms with Crippen molar-refractivity contribution in [2.24, 2.45) is 0 Å². The molecule has 0 saturated carbocycles. The van der Waals surface area contributed by atoms with E-state index in [4.69, 9.17) is 0 Å². The highest BCUT2D eigenvalue weighted by Gasteiger charge is 2.27. The number of hydrogen-bond acceptors (Lipinski definition) is 4. The van der Waals surface area contributed by atoms with E-state index < -0.39 is 16.7 Å². The van der Waals surface area contributed by atoms with Crippen LogP contribution in [0.4, 0.5) is 0 Å². The Morgan fingerprint density at radius 3 is 2.54 bits per heavy atom. The third-order valence-corrected chi connectivity index (χ3v) is 1.71. The fourth-order valence-corrected chi connectivity index (χ4v) is 0.940. The Hall–Kier alpha value is -1.26. The predicted molar refractivity (Wildman–Crippen MR) is 46.0 cm³/mol. The number of nitro groups is 1. The van der Waals surface area contributed by atoms with Crippen LogP contribution in [0.3, 0.4) is 0 Å². The van der Waals surface area contributed by atoms with Crippen LogP contribution in [0, 0.1) is 10.1 Å². The number of carbonyl (C=O) groups is 2. The van der Waals surface area contributed by atoms with E-state index >= 15 is 0 Å². The number of unbranched alkanes of at least 4 members (excludes halogenated alkanes) is 2. The van der Waals surface area contributed by atoms with Crippen LogP contribution in [-0.2, 0) is 9.59 Å². The normalized spacial score (nSPS) is 12.1. The third kappa shape index (κ3) is 4.35. The number of nitrogens with zero attached hydrogens (tertiary/aromatic N) is 1. The molecule has 0 aliphatic carbocycles. The molecule has 0 N–H and O–H groups in total. The van der Waals surface area contributed by atoms with Crippen molar-refractivity contribution in [3.05, 3.63) is 10.1 Å². The van der Waals surface area contributed by atoms with Crippen LogP contribution in [0.2, 0.25) is 0 Å². The second-order valence-electron chi connectivity index (χ2n) is 2.79. The van der Waals surface area contributed by atoms with Crippen molar-refractivity contribution in [1.82, 2.24) is 0 Å². The summed E-state index contributed by atoms with van der Waals surface area (Å²) in [5.74, 6) is -0.589. The first-order valence-corrected chi connectivity index (χ1v) is 4.25. The van der Waals surface area contributed by atoms with E-state index in [1.807, 2.05) is 6.92 Å². The summed E-state index contributed by atoms with van der Waals surface area (Å²) in [6.07, 6.45) is 2.63. The molecule has 5 heteroatoms. The average Bonchev–Trinajstić information content (AvgIpc) is 2.05. The molecule has 0 aromatic carbocycles. The zero-order valence-corrected chi connectivity index (χ0v) is 7.56. The number of hydrogen-bond donors (Lipinski definition) is 0. The lowest BCUT2D eigenvalue weighted by atomic mass is 10.1. The molecule has 1 unspecified atom stereocenters. The topological polar surface area (TPSA) is 77.3 Å². The van der Waals surface area contributed by atoms with Gasteiger partial charge < -0.3 is 0 Å². The standard InChI is InChI=1S/C8H13NO4/c1-2-3-4-5-8(11)7(6-10)9(12)13/h6-7H,2-5H2,1H3. The second kappa shape index (κ2) is 6.28. The van der Waals surface area contributed by atoms with Gasteiger partial charge in [0, 0.05) is 11.3 Å². The van der Waals surface area contributed by atoms with Crippen LogP contribution >= 0.6 is 0 Å². The Morgan fingerprint density at radius 1 is 1.54 bits per heavy atom. The first-order chi connectivity index (χ1) is 6.13. The van der Waals surface area contributed by atoms with Crippen molar-refractivity contribution in [1.29, 1.82) is 0 Å². The molecule has 0 aromatic rings. The van der Waals surface area contributed by atoms with E-state index in [2.05, 4.69) is 0 Å². The van der Waals surface area contributed by atoms with Crippen LogP contribution < -0.4 is 0 Å². The van der Waals surface area contributed by atoms with Gasteiger partial charge in [0.05, 0.1) is 0 Å². The summed E-state index contributed by atoms with van der Waals surface area (Å²) in [5.41, 5.74) is 0. The molecule has 13 heavy (non-hydrogen) atoms. The molecule has 0 rings (SSSR count). The predicted octanol–water partition coefficient (Wildman–Crippen LogP) is 0.980. The molecule has 0 radical (unpaired) electrons. The van der Waals surface area contributed by atoms with Gasteiger partial charge in [0.1, 0.15) is 0 Å². The maximum atomic E-state index is 11.0. The van der Waals surface area contributed by atoms with Gasteiger partial charge in [-0.05, 0) is 6.42 Å². The monoisotopic (exact) mass is 187 g/mol. The van der Waals surface area contributed by atoms with E-state index in [0.29, 0.717) is 6.42 Å². The molecule has 0 amide bonds. The highest BCUT2D eigenvalue weighted by molar-refractivity contribution is 5.95. The first-order valence-electron chi connectivity index (χ1n) is 4.25. The van der Waals surface area contributed by atoms with Crippen molar-refractivity contribution < 1.29 is 14.5 Å². The average molecular weight is 187 g/mol. The molecule has 1 atom stereocenters. The Morgan fingerprint density at radius 2 is 2.15 bits per heavy atom. The van der Waals surface area contributed by atoms with Crippen LogP contribution in [0.5, 0.6) is 0 Å². The zero-order chi connectivity index (χ0) is 10.3. The lowest BCUT2D eigenvalue weighted by molar-refractivity contribution is -0.491. The van der Waals surface area contributed by atoms with Crippen molar-refractivity contribution in [3.63, 3.8) is 0 Å². The maximum absolute atomic E-state index is 11.0. The van der Waals surface area contributed by atoms with Crippen LogP contribution in [-0.4, -0.2) is 23.0 Å². The second-order valence-corrected chi connectivity index (χ2v) is 2.79. The Labute approximate surface area is 76.3 Å². The van der Waals surface area contributed by atoms with E-state index in [1.165, 1.54) is 0 Å². The molecule has 0 spiro atoms. The molecule has 0 saturated heterocycles. The minimum Gasteiger partial charge on any atom is -0.295 e. The SMILES string of the molecule is CCCCCC(=O)C(C=O)[N+](=O)[O-]. The van der Waals surface area contributed by atoms with Crippen LogP contribution in [0.15, 0.2) is 0 Å². The lowest BCUT2D eigenvalue weighted by Gasteiger charge is -2.00. The Balaban J connectivity index is 3.92. The van der Waals surface area contributed by atoms with Gasteiger partial charge in [0.2, 0.25) is 12.1 Å². The summed E-state index contributed by atoms with van der Waals surface area (Å²) in [7, 11) is 0. The highest BCUT2D eigenvalue weighted by atomic mass is 16.6. The minimum absolute atomic E-state index is 0.0915. The Bertz CT molecular complexity index is 202. The largest absolute Gasteiger partial charge is 0.324 e. The van der Waals surface area contributed by atoms with E-state index in [-0.39, 0.29) is 12.7 Å². The fraction of sp³-hybridized carbons (Fsp3) is 0.750. The van der Waals surface area contributed by atoms with Crippen LogP contribution in [0.25, 0.3) is 0 Å². The van der Waals surface area contributed by atoms with Gasteiger partial charge in [-0.15, -0.1) is 0 Å². The van der Waals surface area contributed by atoms with Gasteiger partial charge in [-0.1, -0.05) is 19.8 Å². The summed E-state index contributed by atoms with van der Waals surface area (Å²) in [5, 5.41) is 10.2. The molecular weight excluding hydrogens is 174 g/mol. The number of Topliss-reactive ketones (excluding diaryl/α,β-unsaturated/α-hetero) is 1. The van der Waals surface area contributed by atoms with Crippen molar-refractivity contribution in [2.75, 3.05) is 0 Å². The molecule has 0 fully saturated rings. The van der Waals surface area contributed by atoms with E-state index in [1.54, 1.807) is 0 Å². The summed E-state index contributed by atoms with van der Waals surface area (Å²) in [6, 6.07) is -1.66. The molecule has 0 aromatic heterocycles. The lowest BCUT2D eigenvalue weighted by Crippen LogP contribution is -2.30. The zero-order valence-electron chi connectivity index (χ0n) is 7.56. The van der Waals surface area contributed by atoms with Crippen molar-refractivity contribution in [2.45, 2.75) is 38.6 Å². The summed E-state index contributed by atoms with van der Waals surface area (Å²) >= 11 is 0. The molecule has 74 valence electrons. The summed E-state index contributed by atoms with van der Waals surface area (Å²) < 4.78 is 0. The van der Waals surface area contributed by atoms with Crippen molar-refractivity contribution >= 4 is 12.1 Å². The minimum atomic E-state index is -1.66. The molecule has 0 bridgehead atoms. The van der Waals surface area contributed by atoms with Gasteiger partial charge in [-0.2, -0.15) is 0 Å². The molecule has 0 aliphatic rings. The number of carbonyl (C=O) groups excluding carboxylic acids is 2. The van der Waals surface area contributed by atoms with Gasteiger partial charge >= 0.3 is 6.04 Å². The van der Waals surface area contributed by atoms with Gasteiger partial charge in [0.25, 0.3) is 0 Å². The van der Waals surface area contributed by atoms with Gasteiger partial charge in [-0.3, -0.25) is 19.7 Å². The van der Waals surface area contributed by atoms with Crippen molar-refractivity contribution in [3.8, 4) is 0 Å². The maximum Gasteiger partial charge on any atom is 0.324 e. The Kier molecular flexibility index (Phi) is 5.67.